The van der Waals surface area contributed by atoms with Crippen LogP contribution in [0.4, 0.5) is 0 Å². The molecule has 2 rings (SSSR count). The second kappa shape index (κ2) is 4.37. The largest absolute Gasteiger partial charge is 0.497 e. The number of hydrogen-bond acceptors (Lipinski definition) is 3. The number of hydrogen-bond donors (Lipinski definition) is 2. The first-order valence-corrected chi connectivity index (χ1v) is 5.80. The van der Waals surface area contributed by atoms with Crippen molar-refractivity contribution in [2.24, 2.45) is 0 Å². The van der Waals surface area contributed by atoms with E-state index in [1.165, 1.54) is 0 Å². The molecule has 2 N–H and O–H groups in total. The Kier molecular flexibility index (Phi) is 3.07. The smallest absolute Gasteiger partial charge is 0.328 e. The number of likely N-dealkylation sites (N-methyl/N-ethyl adjacent to an activating group) is 1. The lowest BCUT2D eigenvalue weighted by molar-refractivity contribution is -0.145. The van der Waals surface area contributed by atoms with Crippen molar-refractivity contribution < 1.29 is 14.6 Å². The molecular weight excluding hydrogens is 218 g/mol. The van der Waals surface area contributed by atoms with Gasteiger partial charge in [0.2, 0.25) is 0 Å². The summed E-state index contributed by atoms with van der Waals surface area (Å²) in [7, 11) is 1.59. The number of carboxylic acid groups (broad SMARTS) is 1. The van der Waals surface area contributed by atoms with Crippen LogP contribution in [0.2, 0.25) is 0 Å². The van der Waals surface area contributed by atoms with E-state index >= 15 is 0 Å². The summed E-state index contributed by atoms with van der Waals surface area (Å²) in [4.78, 5) is 11.6. The fourth-order valence-electron chi connectivity index (χ4n) is 2.54. The first-order chi connectivity index (χ1) is 8.14. The summed E-state index contributed by atoms with van der Waals surface area (Å²) >= 11 is 0. The average Bonchev–Trinajstić information content (AvgIpc) is 2.69. The predicted molar refractivity (Wildman–Crippen MR) is 64.3 cm³/mol. The Morgan fingerprint density at radius 3 is 2.94 bits per heavy atom. The van der Waals surface area contributed by atoms with E-state index in [2.05, 4.69) is 5.32 Å². The van der Waals surface area contributed by atoms with E-state index in [4.69, 9.17) is 4.74 Å². The molecule has 1 aliphatic carbocycles. The van der Waals surface area contributed by atoms with Gasteiger partial charge in [-0.25, -0.2) is 4.79 Å². The second-order valence-corrected chi connectivity index (χ2v) is 4.26. The number of carbonyl (C=O) groups is 1. The molecule has 0 saturated heterocycles. The van der Waals surface area contributed by atoms with E-state index in [-0.39, 0.29) is 0 Å². The van der Waals surface area contributed by atoms with E-state index in [1.54, 1.807) is 7.11 Å². The van der Waals surface area contributed by atoms with Gasteiger partial charge < -0.3 is 9.84 Å². The van der Waals surface area contributed by atoms with E-state index in [9.17, 15) is 9.90 Å². The maximum atomic E-state index is 11.6. The number of ether oxygens (including phenoxy) is 1. The number of rotatable bonds is 4. The molecule has 0 aliphatic heterocycles. The molecule has 17 heavy (non-hydrogen) atoms. The van der Waals surface area contributed by atoms with Gasteiger partial charge >= 0.3 is 5.97 Å². The topological polar surface area (TPSA) is 58.6 Å². The Balaban J connectivity index is 2.51. The van der Waals surface area contributed by atoms with Crippen LogP contribution in [0.1, 0.15) is 24.5 Å². The quantitative estimate of drug-likeness (QED) is 0.831. The van der Waals surface area contributed by atoms with Crippen LogP contribution < -0.4 is 10.1 Å². The summed E-state index contributed by atoms with van der Waals surface area (Å²) in [5, 5.41) is 12.6. The van der Waals surface area contributed by atoms with Crippen LogP contribution >= 0.6 is 0 Å². The number of aliphatic carboxylic acids is 1. The minimum atomic E-state index is -0.946. The number of methoxy groups -OCH3 is 1. The molecular formula is C13H17NO3. The molecule has 0 fully saturated rings. The Bertz CT molecular complexity index is 440. The van der Waals surface area contributed by atoms with Crippen molar-refractivity contribution in [3.63, 3.8) is 0 Å². The third-order valence-electron chi connectivity index (χ3n) is 3.39. The Hall–Kier alpha value is -1.55. The molecule has 4 heteroatoms. The van der Waals surface area contributed by atoms with Crippen LogP contribution in [0.5, 0.6) is 5.75 Å². The summed E-state index contributed by atoms with van der Waals surface area (Å²) in [5.41, 5.74) is 0.985. The van der Waals surface area contributed by atoms with Gasteiger partial charge in [-0.3, -0.25) is 5.32 Å². The third-order valence-corrected chi connectivity index (χ3v) is 3.39. The summed E-state index contributed by atoms with van der Waals surface area (Å²) in [6.45, 7) is 2.55. The highest BCUT2D eigenvalue weighted by molar-refractivity contribution is 5.83. The number of aryl methyl sites for hydroxylation is 1. The van der Waals surface area contributed by atoms with Crippen LogP contribution in [0, 0.1) is 0 Å². The predicted octanol–water partition coefficient (Wildman–Crippen LogP) is 1.53. The highest BCUT2D eigenvalue weighted by Crippen LogP contribution is 2.39. The first kappa shape index (κ1) is 11.9. The molecule has 0 heterocycles. The number of carboxylic acids is 1. The van der Waals surface area contributed by atoms with E-state index in [1.807, 2.05) is 25.1 Å². The van der Waals surface area contributed by atoms with E-state index in [0.717, 1.165) is 17.5 Å². The molecule has 0 radical (unpaired) electrons. The van der Waals surface area contributed by atoms with Crippen molar-refractivity contribution in [1.82, 2.24) is 5.32 Å². The molecule has 0 aromatic heterocycles. The van der Waals surface area contributed by atoms with E-state index < -0.39 is 11.5 Å². The van der Waals surface area contributed by atoms with Crippen LogP contribution in [0.3, 0.4) is 0 Å². The highest BCUT2D eigenvalue weighted by atomic mass is 16.5. The molecule has 92 valence electrons. The summed E-state index contributed by atoms with van der Waals surface area (Å²) in [6.07, 6.45) is 1.39. The summed E-state index contributed by atoms with van der Waals surface area (Å²) in [5.74, 6) is -0.111. The fourth-order valence-corrected chi connectivity index (χ4v) is 2.54. The van der Waals surface area contributed by atoms with Gasteiger partial charge in [-0.05, 0) is 42.6 Å². The SMILES string of the molecule is CCNC1(C(=O)O)CCc2ccc(OC)cc21. The minimum absolute atomic E-state index is 0.596. The number of benzene rings is 1. The zero-order chi connectivity index (χ0) is 12.5. The van der Waals surface area contributed by atoms with Gasteiger partial charge in [0.05, 0.1) is 7.11 Å². The van der Waals surface area contributed by atoms with Crippen molar-refractivity contribution in [2.75, 3.05) is 13.7 Å². The molecule has 4 nitrogen and oxygen atoms in total. The maximum absolute atomic E-state index is 11.6. The van der Waals surface area contributed by atoms with Gasteiger partial charge in [0.25, 0.3) is 0 Å². The van der Waals surface area contributed by atoms with Crippen LogP contribution in [-0.4, -0.2) is 24.7 Å². The zero-order valence-electron chi connectivity index (χ0n) is 10.1. The van der Waals surface area contributed by atoms with Gasteiger partial charge in [0.15, 0.2) is 0 Å². The minimum Gasteiger partial charge on any atom is -0.497 e. The summed E-state index contributed by atoms with van der Waals surface area (Å²) in [6, 6.07) is 5.66. The van der Waals surface area contributed by atoms with Crippen molar-refractivity contribution in [3.8, 4) is 5.75 Å². The van der Waals surface area contributed by atoms with Gasteiger partial charge in [0, 0.05) is 0 Å². The molecule has 1 aromatic rings. The standard InChI is InChI=1S/C13H17NO3/c1-3-14-13(12(15)16)7-6-9-4-5-10(17-2)8-11(9)13/h4-5,8,14H,3,6-7H2,1-2H3,(H,15,16). The second-order valence-electron chi connectivity index (χ2n) is 4.26. The highest BCUT2D eigenvalue weighted by Gasteiger charge is 2.45. The average molecular weight is 235 g/mol. The number of fused-ring (bicyclic) bond motifs is 1. The molecule has 1 aliphatic rings. The molecule has 1 atom stereocenters. The third kappa shape index (κ3) is 1.78. The Morgan fingerprint density at radius 2 is 2.35 bits per heavy atom. The lowest BCUT2D eigenvalue weighted by Crippen LogP contribution is -2.47. The molecule has 1 aromatic carbocycles. The molecule has 0 saturated carbocycles. The monoisotopic (exact) mass is 235 g/mol. The molecule has 0 amide bonds. The normalized spacial score (nSPS) is 22.2. The fraction of sp³-hybridized carbons (Fsp3) is 0.462. The van der Waals surface area contributed by atoms with Crippen molar-refractivity contribution >= 4 is 5.97 Å². The maximum Gasteiger partial charge on any atom is 0.328 e. The number of nitrogens with one attached hydrogen (secondary N) is 1. The Labute approximate surface area is 101 Å². The van der Waals surface area contributed by atoms with Gasteiger partial charge in [-0.1, -0.05) is 13.0 Å². The van der Waals surface area contributed by atoms with Crippen molar-refractivity contribution in [1.29, 1.82) is 0 Å². The molecule has 1 unspecified atom stereocenters. The van der Waals surface area contributed by atoms with Gasteiger partial charge in [0.1, 0.15) is 11.3 Å². The van der Waals surface area contributed by atoms with E-state index in [0.29, 0.717) is 18.7 Å². The Morgan fingerprint density at radius 1 is 1.59 bits per heavy atom. The van der Waals surface area contributed by atoms with Gasteiger partial charge in [-0.15, -0.1) is 0 Å². The zero-order valence-corrected chi connectivity index (χ0v) is 10.1. The first-order valence-electron chi connectivity index (χ1n) is 5.80. The van der Waals surface area contributed by atoms with Crippen LogP contribution in [0.15, 0.2) is 18.2 Å². The van der Waals surface area contributed by atoms with Crippen molar-refractivity contribution in [3.05, 3.63) is 29.3 Å². The summed E-state index contributed by atoms with van der Waals surface area (Å²) < 4.78 is 5.17. The van der Waals surface area contributed by atoms with Crippen LogP contribution in [0.25, 0.3) is 0 Å². The van der Waals surface area contributed by atoms with Crippen molar-refractivity contribution in [2.45, 2.75) is 25.3 Å². The van der Waals surface area contributed by atoms with Gasteiger partial charge in [-0.2, -0.15) is 0 Å². The lowest BCUT2D eigenvalue weighted by atomic mass is 9.91. The molecule has 0 spiro atoms. The lowest BCUT2D eigenvalue weighted by Gasteiger charge is -2.26. The molecule has 0 bridgehead atoms. The van der Waals surface area contributed by atoms with Crippen LogP contribution in [-0.2, 0) is 16.8 Å².